The summed E-state index contributed by atoms with van der Waals surface area (Å²) in [6, 6.07) is 0. The van der Waals surface area contributed by atoms with Gasteiger partial charge in [0, 0.05) is 0 Å². The highest BCUT2D eigenvalue weighted by atomic mass is 16.8. The summed E-state index contributed by atoms with van der Waals surface area (Å²) in [5, 5.41) is 0. The van der Waals surface area contributed by atoms with Crippen LogP contribution in [0.25, 0.3) is 0 Å². The summed E-state index contributed by atoms with van der Waals surface area (Å²) >= 11 is 0. The van der Waals surface area contributed by atoms with Gasteiger partial charge in [0.25, 0.3) is 0 Å². The molecule has 0 saturated carbocycles. The Balaban J connectivity index is 2.26. The van der Waals surface area contributed by atoms with E-state index in [0.29, 0.717) is 0 Å². The fourth-order valence-corrected chi connectivity index (χ4v) is 0.664. The van der Waals surface area contributed by atoms with Crippen molar-refractivity contribution in [3.63, 3.8) is 0 Å². The van der Waals surface area contributed by atoms with Gasteiger partial charge in [0.05, 0.1) is 7.11 Å². The fourth-order valence-electron chi connectivity index (χ4n) is 0.664. The first-order valence-corrected chi connectivity index (χ1v) is 3.26. The van der Waals surface area contributed by atoms with Gasteiger partial charge in [-0.3, -0.25) is 0 Å². The lowest BCUT2D eigenvalue weighted by atomic mass is 10.4. The molecule has 0 aromatic carbocycles. The lowest BCUT2D eigenvalue weighted by molar-refractivity contribution is -0.0706. The first-order valence-electron chi connectivity index (χ1n) is 3.26. The number of hydrogen-bond donors (Lipinski definition) is 0. The van der Waals surface area contributed by atoms with Crippen molar-refractivity contribution < 1.29 is 28.5 Å². The van der Waals surface area contributed by atoms with Gasteiger partial charge < -0.3 is 18.9 Å². The average Bonchev–Trinajstić information content (AvgIpc) is 2.09. The van der Waals surface area contributed by atoms with Gasteiger partial charge in [-0.05, 0) is 0 Å². The zero-order valence-corrected chi connectivity index (χ0v) is 6.44. The van der Waals surface area contributed by atoms with Gasteiger partial charge in [0.15, 0.2) is 6.10 Å². The average molecular weight is 176 g/mol. The van der Waals surface area contributed by atoms with Crippen molar-refractivity contribution in [3.05, 3.63) is 0 Å². The monoisotopic (exact) mass is 176 g/mol. The van der Waals surface area contributed by atoms with Crippen molar-refractivity contribution >= 4 is 12.3 Å². The van der Waals surface area contributed by atoms with Gasteiger partial charge in [-0.15, -0.1) is 0 Å². The molecule has 0 unspecified atom stereocenters. The number of carbonyl (C=O) groups is 2. The molecule has 1 fully saturated rings. The van der Waals surface area contributed by atoms with Gasteiger partial charge in [0.1, 0.15) is 13.2 Å². The predicted octanol–water partition coefficient (Wildman–Crippen LogP) is 0.305. The van der Waals surface area contributed by atoms with E-state index in [2.05, 4.69) is 18.9 Å². The molecule has 0 atom stereocenters. The maximum Gasteiger partial charge on any atom is 0.508 e. The van der Waals surface area contributed by atoms with Crippen LogP contribution in [-0.4, -0.2) is 38.7 Å². The fraction of sp³-hybridized carbons (Fsp3) is 0.667. The van der Waals surface area contributed by atoms with Gasteiger partial charge in [-0.25, -0.2) is 9.59 Å². The van der Waals surface area contributed by atoms with Crippen molar-refractivity contribution in [2.24, 2.45) is 0 Å². The first kappa shape index (κ1) is 8.63. The predicted molar refractivity (Wildman–Crippen MR) is 34.6 cm³/mol. The van der Waals surface area contributed by atoms with Crippen molar-refractivity contribution in [2.75, 3.05) is 20.3 Å². The topological polar surface area (TPSA) is 71.1 Å². The standard InChI is InChI=1S/C6H8O6/c1-9-5(7)12-4-2-10-6(8)11-3-4/h4H,2-3H2,1H3. The van der Waals surface area contributed by atoms with Gasteiger partial charge in [-0.1, -0.05) is 0 Å². The molecule has 1 aliphatic rings. The van der Waals surface area contributed by atoms with E-state index in [-0.39, 0.29) is 13.2 Å². The van der Waals surface area contributed by atoms with Crippen LogP contribution >= 0.6 is 0 Å². The Morgan fingerprint density at radius 3 is 2.58 bits per heavy atom. The van der Waals surface area contributed by atoms with Crippen molar-refractivity contribution in [1.29, 1.82) is 0 Å². The molecule has 68 valence electrons. The second kappa shape index (κ2) is 3.80. The molecule has 1 rings (SSSR count). The molecule has 0 radical (unpaired) electrons. The minimum absolute atomic E-state index is 0.00787. The molecule has 0 aromatic rings. The summed E-state index contributed by atoms with van der Waals surface area (Å²) in [7, 11) is 1.19. The number of methoxy groups -OCH3 is 1. The van der Waals surface area contributed by atoms with E-state index < -0.39 is 18.4 Å². The summed E-state index contributed by atoms with van der Waals surface area (Å²) in [5.41, 5.74) is 0. The summed E-state index contributed by atoms with van der Waals surface area (Å²) in [5.74, 6) is 0. The Labute approximate surface area is 68.3 Å². The molecule has 0 spiro atoms. The molecule has 0 bridgehead atoms. The number of ether oxygens (including phenoxy) is 4. The second-order valence-corrected chi connectivity index (χ2v) is 2.07. The lowest BCUT2D eigenvalue weighted by Crippen LogP contribution is -2.35. The number of hydrogen-bond acceptors (Lipinski definition) is 6. The maximum atomic E-state index is 10.5. The molecule has 6 heteroatoms. The van der Waals surface area contributed by atoms with Crippen LogP contribution in [-0.2, 0) is 18.9 Å². The van der Waals surface area contributed by atoms with Crippen LogP contribution in [0.15, 0.2) is 0 Å². The number of carbonyl (C=O) groups excluding carboxylic acids is 2. The van der Waals surface area contributed by atoms with Crippen LogP contribution < -0.4 is 0 Å². The molecule has 0 aromatic heterocycles. The first-order chi connectivity index (χ1) is 5.72. The Hall–Kier alpha value is -1.46. The van der Waals surface area contributed by atoms with Crippen LogP contribution in [0.5, 0.6) is 0 Å². The molecule has 1 heterocycles. The smallest absolute Gasteiger partial charge is 0.438 e. The Bertz CT molecular complexity index is 178. The summed E-state index contributed by atoms with van der Waals surface area (Å²) < 4.78 is 17.7. The highest BCUT2D eigenvalue weighted by Gasteiger charge is 2.24. The Morgan fingerprint density at radius 1 is 1.50 bits per heavy atom. The molecular weight excluding hydrogens is 168 g/mol. The van der Waals surface area contributed by atoms with Crippen LogP contribution in [0, 0.1) is 0 Å². The van der Waals surface area contributed by atoms with E-state index in [1.165, 1.54) is 7.11 Å². The molecule has 6 nitrogen and oxygen atoms in total. The van der Waals surface area contributed by atoms with Gasteiger partial charge in [0.2, 0.25) is 0 Å². The molecule has 1 aliphatic heterocycles. The maximum absolute atomic E-state index is 10.5. The van der Waals surface area contributed by atoms with Gasteiger partial charge in [-0.2, -0.15) is 0 Å². The second-order valence-electron chi connectivity index (χ2n) is 2.07. The van der Waals surface area contributed by atoms with Crippen molar-refractivity contribution in [1.82, 2.24) is 0 Å². The van der Waals surface area contributed by atoms with Gasteiger partial charge >= 0.3 is 12.3 Å². The van der Waals surface area contributed by atoms with Crippen molar-refractivity contribution in [3.8, 4) is 0 Å². The summed E-state index contributed by atoms with van der Waals surface area (Å²) in [4.78, 5) is 20.9. The van der Waals surface area contributed by atoms with Crippen LogP contribution in [0.3, 0.4) is 0 Å². The molecule has 0 aliphatic carbocycles. The van der Waals surface area contributed by atoms with E-state index in [0.717, 1.165) is 0 Å². The largest absolute Gasteiger partial charge is 0.508 e. The highest BCUT2D eigenvalue weighted by Crippen LogP contribution is 2.04. The minimum atomic E-state index is -0.818. The zero-order valence-electron chi connectivity index (χ0n) is 6.44. The van der Waals surface area contributed by atoms with E-state index in [1.54, 1.807) is 0 Å². The molecular formula is C6H8O6. The molecule has 12 heavy (non-hydrogen) atoms. The van der Waals surface area contributed by atoms with E-state index in [1.807, 2.05) is 0 Å². The van der Waals surface area contributed by atoms with Crippen molar-refractivity contribution in [2.45, 2.75) is 6.10 Å². The summed E-state index contributed by atoms with van der Waals surface area (Å²) in [6.45, 7) is 0.0157. The number of cyclic esters (lactones) is 2. The van der Waals surface area contributed by atoms with E-state index in [4.69, 9.17) is 0 Å². The molecule has 1 saturated heterocycles. The normalized spacial score (nSPS) is 17.6. The van der Waals surface area contributed by atoms with Crippen LogP contribution in [0.2, 0.25) is 0 Å². The zero-order chi connectivity index (χ0) is 8.97. The van der Waals surface area contributed by atoms with E-state index >= 15 is 0 Å². The minimum Gasteiger partial charge on any atom is -0.438 e. The summed E-state index contributed by atoms with van der Waals surface area (Å²) in [6.07, 6.45) is -2.14. The third kappa shape index (κ3) is 2.30. The third-order valence-corrected chi connectivity index (χ3v) is 1.20. The van der Waals surface area contributed by atoms with Crippen LogP contribution in [0.4, 0.5) is 9.59 Å². The SMILES string of the molecule is COC(=O)OC1COC(=O)OC1. The Morgan fingerprint density at radius 2 is 2.08 bits per heavy atom. The van der Waals surface area contributed by atoms with E-state index in [9.17, 15) is 9.59 Å². The molecule has 0 amide bonds. The lowest BCUT2D eigenvalue weighted by Gasteiger charge is -2.20. The quantitative estimate of drug-likeness (QED) is 0.535. The third-order valence-electron chi connectivity index (χ3n) is 1.20. The van der Waals surface area contributed by atoms with Crippen LogP contribution in [0.1, 0.15) is 0 Å². The number of rotatable bonds is 1. The Kier molecular flexibility index (Phi) is 2.73. The highest BCUT2D eigenvalue weighted by molar-refractivity contribution is 5.62. The molecule has 0 N–H and O–H groups in total.